The minimum absolute atomic E-state index is 0. The number of likely N-dealkylation sites (tertiary alicyclic amines) is 1. The average Bonchev–Trinajstić information content (AvgIpc) is 2.57. The number of guanidine groups is 1. The summed E-state index contributed by atoms with van der Waals surface area (Å²) in [7, 11) is 0. The molecule has 0 spiro atoms. The van der Waals surface area contributed by atoms with Crippen LogP contribution in [0.15, 0.2) is 4.99 Å². The van der Waals surface area contributed by atoms with Crippen molar-refractivity contribution < 1.29 is 14.6 Å². The Labute approximate surface area is 167 Å². The Bertz CT molecular complexity index is 455. The number of nitrogens with one attached hydrogen (secondary N) is 1. The van der Waals surface area contributed by atoms with Crippen LogP contribution in [-0.2, 0) is 4.74 Å². The van der Waals surface area contributed by atoms with E-state index in [2.05, 4.69) is 17.2 Å². The van der Waals surface area contributed by atoms with Crippen LogP contribution in [0.25, 0.3) is 0 Å². The zero-order valence-electron chi connectivity index (χ0n) is 15.4. The highest BCUT2D eigenvalue weighted by atomic mass is 127. The Balaban J connectivity index is 0.00000312. The highest BCUT2D eigenvalue weighted by molar-refractivity contribution is 14.0. The van der Waals surface area contributed by atoms with Gasteiger partial charge in [-0.2, -0.15) is 0 Å². The number of carbonyl (C=O) groups is 1. The number of piperidine rings is 1. The van der Waals surface area contributed by atoms with Gasteiger partial charge in [0.15, 0.2) is 5.96 Å². The highest BCUT2D eigenvalue weighted by Gasteiger charge is 2.35. The molecule has 146 valence electrons. The summed E-state index contributed by atoms with van der Waals surface area (Å²) >= 11 is 0. The fourth-order valence-corrected chi connectivity index (χ4v) is 3.51. The SMILES string of the molecule is CCOC(=O)N1CCC(NC(N)=NCC2(C)CCCCC2O)CC1.I. The molecular formula is C17H33IN4O3. The number of aliphatic hydroxyl groups is 1. The second-order valence-corrected chi connectivity index (χ2v) is 7.22. The molecule has 1 amide bonds. The van der Waals surface area contributed by atoms with E-state index in [4.69, 9.17) is 10.5 Å². The van der Waals surface area contributed by atoms with Gasteiger partial charge in [0.1, 0.15) is 0 Å². The van der Waals surface area contributed by atoms with Gasteiger partial charge in [0.05, 0.1) is 19.3 Å². The van der Waals surface area contributed by atoms with Gasteiger partial charge in [0, 0.05) is 24.5 Å². The number of nitrogens with two attached hydrogens (primary N) is 1. The van der Waals surface area contributed by atoms with Crippen molar-refractivity contribution in [3.63, 3.8) is 0 Å². The van der Waals surface area contributed by atoms with Crippen molar-refractivity contribution in [3.8, 4) is 0 Å². The van der Waals surface area contributed by atoms with Crippen molar-refractivity contribution in [1.29, 1.82) is 0 Å². The van der Waals surface area contributed by atoms with Gasteiger partial charge in [0.25, 0.3) is 0 Å². The average molecular weight is 468 g/mol. The lowest BCUT2D eigenvalue weighted by molar-refractivity contribution is 0.00718. The molecule has 2 atom stereocenters. The third kappa shape index (κ3) is 6.47. The zero-order valence-corrected chi connectivity index (χ0v) is 17.7. The standard InChI is InChI=1S/C17H32N4O3.HI/c1-3-24-16(23)21-10-7-13(8-11-21)20-15(18)19-12-17(2)9-5-4-6-14(17)22;/h13-14,22H,3-12H2,1-2H3,(H3,18,19,20);1H. The maximum absolute atomic E-state index is 11.7. The van der Waals surface area contributed by atoms with Crippen LogP contribution in [0.5, 0.6) is 0 Å². The van der Waals surface area contributed by atoms with Gasteiger partial charge >= 0.3 is 6.09 Å². The molecule has 1 saturated heterocycles. The normalized spacial score (nSPS) is 28.2. The van der Waals surface area contributed by atoms with Gasteiger partial charge in [-0.15, -0.1) is 24.0 Å². The lowest BCUT2D eigenvalue weighted by Gasteiger charge is -2.37. The Morgan fingerprint density at radius 1 is 1.36 bits per heavy atom. The summed E-state index contributed by atoms with van der Waals surface area (Å²) in [5.74, 6) is 0.434. The van der Waals surface area contributed by atoms with Crippen LogP contribution in [0.4, 0.5) is 4.79 Å². The number of hydrogen-bond acceptors (Lipinski definition) is 4. The predicted octanol–water partition coefficient (Wildman–Crippen LogP) is 2.07. The number of nitrogens with zero attached hydrogens (tertiary/aromatic N) is 2. The molecule has 1 saturated carbocycles. The van der Waals surface area contributed by atoms with Gasteiger partial charge in [-0.3, -0.25) is 4.99 Å². The van der Waals surface area contributed by atoms with E-state index < -0.39 is 0 Å². The lowest BCUT2D eigenvalue weighted by atomic mass is 9.73. The fraction of sp³-hybridized carbons (Fsp3) is 0.882. The topological polar surface area (TPSA) is 100 Å². The van der Waals surface area contributed by atoms with E-state index in [1.54, 1.807) is 4.90 Å². The molecule has 1 aliphatic carbocycles. The van der Waals surface area contributed by atoms with Gasteiger partial charge in [-0.1, -0.05) is 19.8 Å². The summed E-state index contributed by atoms with van der Waals surface area (Å²) in [4.78, 5) is 17.9. The summed E-state index contributed by atoms with van der Waals surface area (Å²) in [6.45, 7) is 6.19. The molecule has 0 aromatic carbocycles. The van der Waals surface area contributed by atoms with E-state index in [1.165, 1.54) is 0 Å². The van der Waals surface area contributed by atoms with Gasteiger partial charge in [0.2, 0.25) is 0 Å². The molecule has 0 aromatic heterocycles. The molecule has 25 heavy (non-hydrogen) atoms. The number of carbonyl (C=O) groups excluding carboxylic acids is 1. The summed E-state index contributed by atoms with van der Waals surface area (Å²) in [5.41, 5.74) is 5.85. The third-order valence-corrected chi connectivity index (χ3v) is 5.26. The lowest BCUT2D eigenvalue weighted by Crippen LogP contribution is -2.49. The van der Waals surface area contributed by atoms with E-state index in [0.717, 1.165) is 38.5 Å². The first-order valence-electron chi connectivity index (χ1n) is 9.11. The number of ether oxygens (including phenoxy) is 1. The Morgan fingerprint density at radius 3 is 2.64 bits per heavy atom. The van der Waals surface area contributed by atoms with Crippen molar-refractivity contribution in [2.45, 2.75) is 64.5 Å². The second-order valence-electron chi connectivity index (χ2n) is 7.22. The van der Waals surface area contributed by atoms with Gasteiger partial charge in [-0.05, 0) is 32.6 Å². The van der Waals surface area contributed by atoms with Crippen molar-refractivity contribution in [3.05, 3.63) is 0 Å². The number of aliphatic hydroxyl groups excluding tert-OH is 1. The van der Waals surface area contributed by atoms with Gasteiger partial charge < -0.3 is 25.8 Å². The Morgan fingerprint density at radius 2 is 2.04 bits per heavy atom. The molecule has 7 nitrogen and oxygen atoms in total. The highest BCUT2D eigenvalue weighted by Crippen LogP contribution is 2.36. The monoisotopic (exact) mass is 468 g/mol. The minimum Gasteiger partial charge on any atom is -0.450 e. The first kappa shape index (κ1) is 22.3. The van der Waals surface area contributed by atoms with E-state index >= 15 is 0 Å². The summed E-state index contributed by atoms with van der Waals surface area (Å²) < 4.78 is 5.02. The van der Waals surface area contributed by atoms with Crippen LogP contribution < -0.4 is 11.1 Å². The molecule has 4 N–H and O–H groups in total. The largest absolute Gasteiger partial charge is 0.450 e. The van der Waals surface area contributed by atoms with Crippen LogP contribution in [-0.4, -0.2) is 60.4 Å². The van der Waals surface area contributed by atoms with E-state index in [-0.39, 0.29) is 47.6 Å². The third-order valence-electron chi connectivity index (χ3n) is 5.26. The van der Waals surface area contributed by atoms with Crippen LogP contribution in [0, 0.1) is 5.41 Å². The predicted molar refractivity (Wildman–Crippen MR) is 109 cm³/mol. The summed E-state index contributed by atoms with van der Waals surface area (Å²) in [5, 5.41) is 13.5. The van der Waals surface area contributed by atoms with Crippen molar-refractivity contribution in [2.24, 2.45) is 16.1 Å². The van der Waals surface area contributed by atoms with Gasteiger partial charge in [-0.25, -0.2) is 4.79 Å². The first-order valence-corrected chi connectivity index (χ1v) is 9.11. The molecule has 0 aromatic rings. The van der Waals surface area contributed by atoms with E-state index in [0.29, 0.717) is 32.2 Å². The van der Waals surface area contributed by atoms with E-state index in [1.807, 2.05) is 6.92 Å². The molecule has 0 radical (unpaired) electrons. The molecule has 1 aliphatic heterocycles. The number of hydrogen-bond donors (Lipinski definition) is 3. The smallest absolute Gasteiger partial charge is 0.409 e. The first-order chi connectivity index (χ1) is 11.4. The van der Waals surface area contributed by atoms with E-state index in [9.17, 15) is 9.90 Å². The maximum Gasteiger partial charge on any atom is 0.409 e. The fourth-order valence-electron chi connectivity index (χ4n) is 3.51. The van der Waals surface area contributed by atoms with Crippen LogP contribution in [0.2, 0.25) is 0 Å². The maximum atomic E-state index is 11.7. The number of rotatable bonds is 4. The van der Waals surface area contributed by atoms with Crippen molar-refractivity contribution in [2.75, 3.05) is 26.2 Å². The molecular weight excluding hydrogens is 435 g/mol. The molecule has 0 bridgehead atoms. The quantitative estimate of drug-likeness (QED) is 0.333. The van der Waals surface area contributed by atoms with Crippen molar-refractivity contribution >= 4 is 36.0 Å². The van der Waals surface area contributed by atoms with Crippen LogP contribution in [0.3, 0.4) is 0 Å². The molecule has 2 fully saturated rings. The molecule has 2 rings (SSSR count). The molecule has 8 heteroatoms. The number of aliphatic imine (C=N–C) groups is 1. The molecule has 2 unspecified atom stereocenters. The number of amides is 1. The zero-order chi connectivity index (χ0) is 17.6. The molecule has 1 heterocycles. The number of halogens is 1. The summed E-state index contributed by atoms with van der Waals surface area (Å²) in [6.07, 6.45) is 5.20. The van der Waals surface area contributed by atoms with Crippen LogP contribution >= 0.6 is 24.0 Å². The van der Waals surface area contributed by atoms with Crippen LogP contribution in [0.1, 0.15) is 52.4 Å². The summed E-state index contributed by atoms with van der Waals surface area (Å²) in [6, 6.07) is 0.225. The van der Waals surface area contributed by atoms with Crippen molar-refractivity contribution in [1.82, 2.24) is 10.2 Å². The molecule has 2 aliphatic rings. The Kier molecular flexibility index (Phi) is 9.26. The second kappa shape index (κ2) is 10.4. The minimum atomic E-state index is -0.296. The Hall–Kier alpha value is -0.770.